The van der Waals surface area contributed by atoms with Crippen LogP contribution < -0.4 is 0 Å². The standard InChI is InChI=1S/C14H16ClFN4O2S/c1-9-17-14(19-18-9)11-8-20(7-10(11)6-16)23(21,22)13-5-3-2-4-12(13)15/h2-5,10-11H,6-8H2,1H3,(H,17,18,19)/t10-,11-/m1/s1. The lowest BCUT2D eigenvalue weighted by Gasteiger charge is -2.17. The second kappa shape index (κ2) is 6.18. The van der Waals surface area contributed by atoms with Crippen molar-refractivity contribution in [2.45, 2.75) is 17.7 Å². The molecule has 0 unspecified atom stereocenters. The zero-order valence-corrected chi connectivity index (χ0v) is 14.0. The predicted molar refractivity (Wildman–Crippen MR) is 83.5 cm³/mol. The smallest absolute Gasteiger partial charge is 0.244 e. The number of H-pyrrole nitrogens is 1. The summed E-state index contributed by atoms with van der Waals surface area (Å²) in [6.07, 6.45) is 0. The molecule has 6 nitrogen and oxygen atoms in total. The fourth-order valence-corrected chi connectivity index (χ4v) is 4.81. The molecule has 0 amide bonds. The molecule has 0 saturated carbocycles. The van der Waals surface area contributed by atoms with Gasteiger partial charge in [0.1, 0.15) is 10.7 Å². The first kappa shape index (κ1) is 16.4. The number of nitrogens with zero attached hydrogens (tertiary/aromatic N) is 3. The molecule has 1 aliphatic rings. The number of hydrogen-bond acceptors (Lipinski definition) is 4. The largest absolute Gasteiger partial charge is 0.263 e. The molecular weight excluding hydrogens is 343 g/mol. The maximum atomic E-state index is 13.4. The Morgan fingerprint density at radius 3 is 2.74 bits per heavy atom. The van der Waals surface area contributed by atoms with E-state index in [0.29, 0.717) is 11.6 Å². The molecule has 0 aliphatic carbocycles. The van der Waals surface area contributed by atoms with Crippen LogP contribution in [0.15, 0.2) is 29.2 Å². The van der Waals surface area contributed by atoms with E-state index in [-0.39, 0.29) is 28.9 Å². The third-order valence-electron chi connectivity index (χ3n) is 4.01. The number of aromatic nitrogens is 3. The number of sulfonamides is 1. The molecule has 1 N–H and O–H groups in total. The van der Waals surface area contributed by atoms with Gasteiger partial charge in [-0.2, -0.15) is 9.40 Å². The maximum Gasteiger partial charge on any atom is 0.244 e. The van der Waals surface area contributed by atoms with Crippen LogP contribution in [0.5, 0.6) is 0 Å². The summed E-state index contributed by atoms with van der Waals surface area (Å²) in [4.78, 5) is 4.25. The fraction of sp³-hybridized carbons (Fsp3) is 0.429. The van der Waals surface area contributed by atoms with Crippen LogP contribution in [0.4, 0.5) is 4.39 Å². The summed E-state index contributed by atoms with van der Waals surface area (Å²) in [5, 5.41) is 6.92. The number of nitrogens with one attached hydrogen (secondary N) is 1. The highest BCUT2D eigenvalue weighted by Crippen LogP contribution is 2.35. The Hall–Kier alpha value is -1.51. The van der Waals surface area contributed by atoms with Gasteiger partial charge in [0.05, 0.1) is 11.7 Å². The molecule has 9 heteroatoms. The molecule has 1 aromatic heterocycles. The normalized spacial score (nSPS) is 22.6. The number of hydrogen-bond donors (Lipinski definition) is 1. The zero-order chi connectivity index (χ0) is 16.6. The van der Waals surface area contributed by atoms with Gasteiger partial charge >= 0.3 is 0 Å². The van der Waals surface area contributed by atoms with Gasteiger partial charge in [0, 0.05) is 24.9 Å². The number of rotatable bonds is 4. The summed E-state index contributed by atoms with van der Waals surface area (Å²) < 4.78 is 40.2. The minimum atomic E-state index is -3.78. The third kappa shape index (κ3) is 2.98. The second-order valence-corrected chi connectivity index (χ2v) is 7.87. The highest BCUT2D eigenvalue weighted by atomic mass is 35.5. The average Bonchev–Trinajstić information content (AvgIpc) is 3.13. The molecule has 1 saturated heterocycles. The first-order valence-corrected chi connectivity index (χ1v) is 8.95. The molecular formula is C14H16ClFN4O2S. The van der Waals surface area contributed by atoms with Crippen LogP contribution in [0, 0.1) is 12.8 Å². The second-order valence-electron chi connectivity index (χ2n) is 5.55. The number of benzene rings is 1. The van der Waals surface area contributed by atoms with Crippen molar-refractivity contribution < 1.29 is 12.8 Å². The van der Waals surface area contributed by atoms with Crippen molar-refractivity contribution in [2.75, 3.05) is 19.8 Å². The lowest BCUT2D eigenvalue weighted by Crippen LogP contribution is -2.29. The number of aromatic amines is 1. The Bertz CT molecular complexity index is 811. The van der Waals surface area contributed by atoms with E-state index in [1.165, 1.54) is 16.4 Å². The molecule has 0 radical (unpaired) electrons. The molecule has 0 bridgehead atoms. The van der Waals surface area contributed by atoms with Gasteiger partial charge in [-0.05, 0) is 19.1 Å². The molecule has 124 valence electrons. The van der Waals surface area contributed by atoms with Crippen LogP contribution >= 0.6 is 11.6 Å². The molecule has 23 heavy (non-hydrogen) atoms. The highest BCUT2D eigenvalue weighted by Gasteiger charge is 2.42. The highest BCUT2D eigenvalue weighted by molar-refractivity contribution is 7.89. The SMILES string of the molecule is Cc1nc([C@@H]2CN(S(=O)(=O)c3ccccc3Cl)C[C@H]2CF)n[nH]1. The summed E-state index contributed by atoms with van der Waals surface area (Å²) in [5.74, 6) is 0.219. The van der Waals surface area contributed by atoms with E-state index in [4.69, 9.17) is 11.6 Å². The molecule has 3 rings (SSSR count). The van der Waals surface area contributed by atoms with Crippen molar-refractivity contribution in [3.63, 3.8) is 0 Å². The lowest BCUT2D eigenvalue weighted by atomic mass is 9.97. The van der Waals surface area contributed by atoms with Crippen molar-refractivity contribution in [1.82, 2.24) is 19.5 Å². The zero-order valence-electron chi connectivity index (χ0n) is 12.4. The summed E-state index contributed by atoms with van der Waals surface area (Å²) in [6.45, 7) is 1.34. The van der Waals surface area contributed by atoms with Gasteiger partial charge in [-0.1, -0.05) is 23.7 Å². The van der Waals surface area contributed by atoms with E-state index in [1.54, 1.807) is 19.1 Å². The van der Waals surface area contributed by atoms with E-state index < -0.39 is 22.6 Å². The fourth-order valence-electron chi connectivity index (χ4n) is 2.80. The van der Waals surface area contributed by atoms with E-state index in [0.717, 1.165) is 0 Å². The van der Waals surface area contributed by atoms with Crippen LogP contribution in [0.2, 0.25) is 5.02 Å². The minimum Gasteiger partial charge on any atom is -0.263 e. The minimum absolute atomic E-state index is 0.0334. The summed E-state index contributed by atoms with van der Waals surface area (Å²) in [5.41, 5.74) is 0. The van der Waals surface area contributed by atoms with Crippen LogP contribution in [0.1, 0.15) is 17.6 Å². The van der Waals surface area contributed by atoms with Crippen molar-refractivity contribution in [3.8, 4) is 0 Å². The van der Waals surface area contributed by atoms with Gasteiger partial charge in [0.15, 0.2) is 5.82 Å². The molecule has 2 atom stereocenters. The Kier molecular flexibility index (Phi) is 4.39. The molecule has 1 fully saturated rings. The van der Waals surface area contributed by atoms with E-state index in [9.17, 15) is 12.8 Å². The summed E-state index contributed by atoms with van der Waals surface area (Å²) >= 11 is 6.00. The Morgan fingerprint density at radius 2 is 2.13 bits per heavy atom. The monoisotopic (exact) mass is 358 g/mol. The van der Waals surface area contributed by atoms with E-state index in [1.807, 2.05) is 0 Å². The van der Waals surface area contributed by atoms with Gasteiger partial charge in [0.2, 0.25) is 10.0 Å². The maximum absolute atomic E-state index is 13.4. The van der Waals surface area contributed by atoms with Crippen LogP contribution in [-0.4, -0.2) is 47.7 Å². The summed E-state index contributed by atoms with van der Waals surface area (Å²) in [6, 6.07) is 6.24. The van der Waals surface area contributed by atoms with Gasteiger partial charge in [-0.3, -0.25) is 9.49 Å². The van der Waals surface area contributed by atoms with Crippen molar-refractivity contribution in [3.05, 3.63) is 40.9 Å². The van der Waals surface area contributed by atoms with Gasteiger partial charge in [-0.25, -0.2) is 13.4 Å². The Balaban J connectivity index is 1.92. The number of halogens is 2. The first-order chi connectivity index (χ1) is 10.9. The summed E-state index contributed by atoms with van der Waals surface area (Å²) in [7, 11) is -3.78. The number of aryl methyl sites for hydroxylation is 1. The van der Waals surface area contributed by atoms with Gasteiger partial charge in [-0.15, -0.1) is 0 Å². The Morgan fingerprint density at radius 1 is 1.39 bits per heavy atom. The predicted octanol–water partition coefficient (Wildman–Crippen LogP) is 2.14. The molecule has 1 aromatic carbocycles. The van der Waals surface area contributed by atoms with Crippen LogP contribution in [0.3, 0.4) is 0 Å². The third-order valence-corrected chi connectivity index (χ3v) is 6.34. The molecule has 2 heterocycles. The van der Waals surface area contributed by atoms with Crippen LogP contribution in [-0.2, 0) is 10.0 Å². The van der Waals surface area contributed by atoms with Gasteiger partial charge < -0.3 is 0 Å². The Labute approximate surface area is 138 Å². The molecule has 0 spiro atoms. The van der Waals surface area contributed by atoms with Crippen LogP contribution in [0.25, 0.3) is 0 Å². The topological polar surface area (TPSA) is 79.0 Å². The quantitative estimate of drug-likeness (QED) is 0.908. The van der Waals surface area contributed by atoms with Gasteiger partial charge in [0.25, 0.3) is 0 Å². The average molecular weight is 359 g/mol. The first-order valence-electron chi connectivity index (χ1n) is 7.13. The molecule has 2 aromatic rings. The van der Waals surface area contributed by atoms with Crippen molar-refractivity contribution >= 4 is 21.6 Å². The van der Waals surface area contributed by atoms with E-state index in [2.05, 4.69) is 15.2 Å². The van der Waals surface area contributed by atoms with Crippen molar-refractivity contribution in [1.29, 1.82) is 0 Å². The number of alkyl halides is 1. The van der Waals surface area contributed by atoms with E-state index >= 15 is 0 Å². The lowest BCUT2D eigenvalue weighted by molar-refractivity contribution is 0.346. The molecule has 1 aliphatic heterocycles. The van der Waals surface area contributed by atoms with Crippen molar-refractivity contribution in [2.24, 2.45) is 5.92 Å².